The molecule has 0 bridgehead atoms. The van der Waals surface area contributed by atoms with Gasteiger partial charge in [0.1, 0.15) is 0 Å². The van der Waals surface area contributed by atoms with E-state index in [9.17, 15) is 9.90 Å². The Morgan fingerprint density at radius 2 is 2.05 bits per heavy atom. The van der Waals surface area contributed by atoms with Crippen LogP contribution in [0.5, 0.6) is 0 Å². The van der Waals surface area contributed by atoms with E-state index >= 15 is 0 Å². The van der Waals surface area contributed by atoms with Crippen LogP contribution in [0.2, 0.25) is 0 Å². The molecule has 1 aromatic carbocycles. The Hall–Kier alpha value is -1.00. The molecule has 1 heterocycles. The maximum absolute atomic E-state index is 12.0. The van der Waals surface area contributed by atoms with Crippen molar-refractivity contribution in [1.29, 1.82) is 0 Å². The fraction of sp³-hybridized carbons (Fsp3) is 0.562. The van der Waals surface area contributed by atoms with Crippen LogP contribution in [0.25, 0.3) is 0 Å². The van der Waals surface area contributed by atoms with E-state index in [2.05, 4.69) is 17.4 Å². The molecular formula is C16H23NO2S. The Bertz CT molecular complexity index is 481. The first-order valence-corrected chi connectivity index (χ1v) is 8.27. The lowest BCUT2D eigenvalue weighted by Gasteiger charge is -2.31. The van der Waals surface area contributed by atoms with Crippen LogP contribution in [0.1, 0.15) is 29.5 Å². The molecule has 20 heavy (non-hydrogen) atoms. The maximum Gasteiger partial charge on any atom is 0.224 e. The molecule has 0 unspecified atom stereocenters. The van der Waals surface area contributed by atoms with E-state index in [1.54, 1.807) is 0 Å². The van der Waals surface area contributed by atoms with Crippen molar-refractivity contribution in [3.63, 3.8) is 0 Å². The lowest BCUT2D eigenvalue weighted by molar-refractivity contribution is -0.121. The fourth-order valence-corrected chi connectivity index (χ4v) is 3.67. The van der Waals surface area contributed by atoms with Gasteiger partial charge in [0, 0.05) is 6.54 Å². The monoisotopic (exact) mass is 293 g/mol. The van der Waals surface area contributed by atoms with Gasteiger partial charge < -0.3 is 10.4 Å². The molecule has 0 atom stereocenters. The van der Waals surface area contributed by atoms with Gasteiger partial charge in [-0.25, -0.2) is 0 Å². The first-order valence-electron chi connectivity index (χ1n) is 7.11. The summed E-state index contributed by atoms with van der Waals surface area (Å²) in [5.74, 6) is 1.94. The first-order chi connectivity index (χ1) is 9.48. The lowest BCUT2D eigenvalue weighted by Crippen LogP contribution is -2.45. The number of aliphatic hydroxyl groups is 1. The van der Waals surface area contributed by atoms with Gasteiger partial charge in [-0.2, -0.15) is 11.8 Å². The molecule has 2 rings (SSSR count). The molecule has 0 aliphatic carbocycles. The first kappa shape index (κ1) is 15.4. The second-order valence-electron chi connectivity index (χ2n) is 5.72. The van der Waals surface area contributed by atoms with E-state index in [-0.39, 0.29) is 5.91 Å². The number of hydrogen-bond donors (Lipinski definition) is 2. The molecule has 0 saturated carbocycles. The molecule has 2 N–H and O–H groups in total. The summed E-state index contributed by atoms with van der Waals surface area (Å²) in [7, 11) is 0. The Balaban J connectivity index is 1.87. The van der Waals surface area contributed by atoms with Crippen LogP contribution in [0, 0.1) is 13.8 Å². The normalized spacial score (nSPS) is 17.8. The van der Waals surface area contributed by atoms with E-state index in [1.807, 2.05) is 31.7 Å². The van der Waals surface area contributed by atoms with Gasteiger partial charge in [0.2, 0.25) is 5.91 Å². The summed E-state index contributed by atoms with van der Waals surface area (Å²) in [6.07, 6.45) is 1.92. The summed E-state index contributed by atoms with van der Waals surface area (Å²) in [4.78, 5) is 12.0. The second-order valence-corrected chi connectivity index (χ2v) is 6.94. The van der Waals surface area contributed by atoms with Crippen LogP contribution < -0.4 is 5.32 Å². The van der Waals surface area contributed by atoms with Crippen molar-refractivity contribution in [1.82, 2.24) is 5.32 Å². The quantitative estimate of drug-likeness (QED) is 0.895. The Morgan fingerprint density at radius 3 is 2.75 bits per heavy atom. The summed E-state index contributed by atoms with van der Waals surface area (Å²) in [6, 6.07) is 6.16. The highest BCUT2D eigenvalue weighted by Crippen LogP contribution is 2.26. The van der Waals surface area contributed by atoms with E-state index < -0.39 is 5.60 Å². The second kappa shape index (κ2) is 6.64. The summed E-state index contributed by atoms with van der Waals surface area (Å²) < 4.78 is 0. The summed E-state index contributed by atoms with van der Waals surface area (Å²) >= 11 is 1.86. The Morgan fingerprint density at radius 1 is 1.35 bits per heavy atom. The molecule has 0 aromatic heterocycles. The molecule has 0 spiro atoms. The summed E-state index contributed by atoms with van der Waals surface area (Å²) in [6.45, 7) is 4.43. The molecule has 0 radical (unpaired) electrons. The molecule has 3 nitrogen and oxygen atoms in total. The van der Waals surface area contributed by atoms with Gasteiger partial charge in [-0.05, 0) is 49.3 Å². The number of thioether (sulfide) groups is 1. The van der Waals surface area contributed by atoms with Crippen LogP contribution in [0.15, 0.2) is 18.2 Å². The Kier molecular flexibility index (Phi) is 5.11. The van der Waals surface area contributed by atoms with Crippen molar-refractivity contribution in [2.45, 2.75) is 38.7 Å². The van der Waals surface area contributed by atoms with Gasteiger partial charge in [-0.15, -0.1) is 0 Å². The van der Waals surface area contributed by atoms with Crippen molar-refractivity contribution in [3.05, 3.63) is 34.9 Å². The van der Waals surface area contributed by atoms with Crippen molar-refractivity contribution >= 4 is 17.7 Å². The maximum atomic E-state index is 12.0. The third kappa shape index (κ3) is 4.25. The van der Waals surface area contributed by atoms with Crippen molar-refractivity contribution in [2.24, 2.45) is 0 Å². The van der Waals surface area contributed by atoms with Crippen LogP contribution in [0.3, 0.4) is 0 Å². The van der Waals surface area contributed by atoms with E-state index in [0.29, 0.717) is 13.0 Å². The largest absolute Gasteiger partial charge is 0.388 e. The average Bonchev–Trinajstić information content (AvgIpc) is 2.42. The van der Waals surface area contributed by atoms with Gasteiger partial charge in [-0.1, -0.05) is 23.8 Å². The minimum Gasteiger partial charge on any atom is -0.388 e. The van der Waals surface area contributed by atoms with Crippen LogP contribution in [0.4, 0.5) is 0 Å². The zero-order chi connectivity index (χ0) is 14.6. The molecule has 4 heteroatoms. The van der Waals surface area contributed by atoms with E-state index in [4.69, 9.17) is 0 Å². The lowest BCUT2D eigenvalue weighted by atomic mass is 9.96. The fourth-order valence-electron chi connectivity index (χ4n) is 2.42. The number of amides is 1. The molecule has 1 saturated heterocycles. The van der Waals surface area contributed by atoms with E-state index in [1.165, 1.54) is 5.56 Å². The Labute approximate surface area is 125 Å². The number of hydrogen-bond acceptors (Lipinski definition) is 3. The minimum atomic E-state index is -0.706. The van der Waals surface area contributed by atoms with Gasteiger partial charge in [0.25, 0.3) is 0 Å². The van der Waals surface area contributed by atoms with Crippen molar-refractivity contribution < 1.29 is 9.90 Å². The molecule has 1 aliphatic rings. The number of carbonyl (C=O) groups is 1. The molecule has 1 amide bonds. The third-order valence-electron chi connectivity index (χ3n) is 3.89. The number of benzene rings is 1. The zero-order valence-corrected chi connectivity index (χ0v) is 13.1. The molecule has 1 fully saturated rings. The predicted octanol–water partition coefficient (Wildman–Crippen LogP) is 2.22. The van der Waals surface area contributed by atoms with Gasteiger partial charge in [-0.3, -0.25) is 4.79 Å². The highest BCUT2D eigenvalue weighted by atomic mass is 32.2. The molecule has 1 aliphatic heterocycles. The molecule has 110 valence electrons. The zero-order valence-electron chi connectivity index (χ0n) is 12.2. The topological polar surface area (TPSA) is 49.3 Å². The smallest absolute Gasteiger partial charge is 0.224 e. The van der Waals surface area contributed by atoms with Crippen LogP contribution in [-0.4, -0.2) is 34.7 Å². The average molecular weight is 293 g/mol. The van der Waals surface area contributed by atoms with Crippen molar-refractivity contribution in [3.8, 4) is 0 Å². The van der Waals surface area contributed by atoms with Gasteiger partial charge >= 0.3 is 0 Å². The highest BCUT2D eigenvalue weighted by molar-refractivity contribution is 7.99. The van der Waals surface area contributed by atoms with Crippen molar-refractivity contribution in [2.75, 3.05) is 18.1 Å². The number of nitrogens with one attached hydrogen (secondary N) is 1. The molecular weight excluding hydrogens is 270 g/mol. The highest BCUT2D eigenvalue weighted by Gasteiger charge is 2.29. The molecule has 1 aromatic rings. The number of aryl methyl sites for hydroxylation is 2. The van der Waals surface area contributed by atoms with Gasteiger partial charge in [0.05, 0.1) is 12.0 Å². The third-order valence-corrected chi connectivity index (χ3v) is 4.88. The van der Waals surface area contributed by atoms with Crippen LogP contribution >= 0.6 is 11.8 Å². The number of carbonyl (C=O) groups excluding carboxylic acids is 1. The number of rotatable bonds is 4. The van der Waals surface area contributed by atoms with Gasteiger partial charge in [0.15, 0.2) is 0 Å². The summed E-state index contributed by atoms with van der Waals surface area (Å²) in [5, 5.41) is 13.2. The van der Waals surface area contributed by atoms with E-state index in [0.717, 1.165) is 35.5 Å². The minimum absolute atomic E-state index is 0.00893. The SMILES string of the molecule is Cc1ccc(C)c(CC(=O)NCC2(O)CCSCC2)c1. The predicted molar refractivity (Wildman–Crippen MR) is 84.1 cm³/mol. The summed E-state index contributed by atoms with van der Waals surface area (Å²) in [5.41, 5.74) is 2.66. The van der Waals surface area contributed by atoms with Crippen LogP contribution in [-0.2, 0) is 11.2 Å². The standard InChI is InChI=1S/C16H23NO2S/c1-12-3-4-13(2)14(9-12)10-15(18)17-11-16(19)5-7-20-8-6-16/h3-4,9,19H,5-8,10-11H2,1-2H3,(H,17,18).